The summed E-state index contributed by atoms with van der Waals surface area (Å²) in [6.45, 7) is 2.38. The minimum Gasteiger partial charge on any atom is -0.318 e. The molecule has 0 aliphatic rings. The Balaban J connectivity index is 1.61. The van der Waals surface area contributed by atoms with E-state index in [1.165, 1.54) is 39.9 Å². The SMILES string of the molecule is CCN(Cc1ccccc1)S(=O)(=O)c1ccc(C(=O)N=c2sc3ccc(Cl)c(Cl)c3n2C)cc1. The number of amides is 1. The van der Waals surface area contributed by atoms with Crippen LogP contribution in [0.3, 0.4) is 0 Å². The van der Waals surface area contributed by atoms with Gasteiger partial charge in [-0.25, -0.2) is 8.42 Å². The Bertz CT molecular complexity index is 1530. The molecule has 4 rings (SSSR count). The highest BCUT2D eigenvalue weighted by molar-refractivity contribution is 7.89. The smallest absolute Gasteiger partial charge is 0.279 e. The van der Waals surface area contributed by atoms with Crippen molar-refractivity contribution >= 4 is 60.7 Å². The Labute approximate surface area is 211 Å². The van der Waals surface area contributed by atoms with E-state index < -0.39 is 15.9 Å². The van der Waals surface area contributed by atoms with Gasteiger partial charge in [0, 0.05) is 25.7 Å². The molecule has 0 saturated carbocycles. The number of carbonyl (C=O) groups excluding carboxylic acids is 1. The first kappa shape index (κ1) is 24.6. The molecule has 0 aliphatic carbocycles. The van der Waals surface area contributed by atoms with Crippen LogP contribution in [0.5, 0.6) is 0 Å². The topological polar surface area (TPSA) is 71.7 Å². The molecule has 0 spiro atoms. The quantitative estimate of drug-likeness (QED) is 0.328. The van der Waals surface area contributed by atoms with Gasteiger partial charge in [-0.15, -0.1) is 0 Å². The molecule has 0 N–H and O–H groups in total. The van der Waals surface area contributed by atoms with Crippen LogP contribution < -0.4 is 4.80 Å². The number of rotatable bonds is 6. The van der Waals surface area contributed by atoms with Gasteiger partial charge in [-0.3, -0.25) is 4.79 Å². The van der Waals surface area contributed by atoms with Crippen molar-refractivity contribution in [1.82, 2.24) is 8.87 Å². The van der Waals surface area contributed by atoms with Crippen LogP contribution >= 0.6 is 34.5 Å². The summed E-state index contributed by atoms with van der Waals surface area (Å²) in [6, 6.07) is 18.8. The van der Waals surface area contributed by atoms with E-state index in [2.05, 4.69) is 4.99 Å². The maximum Gasteiger partial charge on any atom is 0.279 e. The largest absolute Gasteiger partial charge is 0.318 e. The van der Waals surface area contributed by atoms with Crippen molar-refractivity contribution in [2.75, 3.05) is 6.54 Å². The second-order valence-electron chi connectivity index (χ2n) is 7.51. The van der Waals surface area contributed by atoms with Gasteiger partial charge in [0.1, 0.15) is 0 Å². The molecule has 0 aliphatic heterocycles. The van der Waals surface area contributed by atoms with Crippen LogP contribution in [0.15, 0.2) is 76.6 Å². The van der Waals surface area contributed by atoms with Crippen LogP contribution in [0.1, 0.15) is 22.8 Å². The Morgan fingerprint density at radius 2 is 1.71 bits per heavy atom. The van der Waals surface area contributed by atoms with E-state index in [0.29, 0.717) is 26.9 Å². The molecule has 10 heteroatoms. The molecule has 1 aromatic heterocycles. The highest BCUT2D eigenvalue weighted by Crippen LogP contribution is 2.31. The van der Waals surface area contributed by atoms with E-state index in [0.717, 1.165) is 10.3 Å². The van der Waals surface area contributed by atoms with Gasteiger partial charge in [-0.05, 0) is 42.0 Å². The molecule has 0 unspecified atom stereocenters. The molecule has 1 amide bonds. The second kappa shape index (κ2) is 10.0. The number of hydrogen-bond donors (Lipinski definition) is 0. The van der Waals surface area contributed by atoms with E-state index in [9.17, 15) is 13.2 Å². The number of nitrogens with zero attached hydrogens (tertiary/aromatic N) is 3. The number of fused-ring (bicyclic) bond motifs is 1. The molecule has 0 saturated heterocycles. The molecule has 4 aromatic rings. The highest BCUT2D eigenvalue weighted by Gasteiger charge is 2.23. The summed E-state index contributed by atoms with van der Waals surface area (Å²) in [7, 11) is -1.96. The zero-order valence-electron chi connectivity index (χ0n) is 18.4. The molecule has 0 atom stereocenters. The Morgan fingerprint density at radius 1 is 1.03 bits per heavy atom. The zero-order chi connectivity index (χ0) is 24.5. The second-order valence-corrected chi connectivity index (χ2v) is 11.2. The molecule has 3 aromatic carbocycles. The van der Waals surface area contributed by atoms with Crippen molar-refractivity contribution in [3.63, 3.8) is 0 Å². The first-order valence-corrected chi connectivity index (χ1v) is 13.4. The van der Waals surface area contributed by atoms with Crippen molar-refractivity contribution < 1.29 is 13.2 Å². The van der Waals surface area contributed by atoms with Crippen molar-refractivity contribution in [2.24, 2.45) is 12.0 Å². The van der Waals surface area contributed by atoms with Crippen LogP contribution in [0, 0.1) is 0 Å². The number of benzene rings is 3. The molecule has 1 heterocycles. The predicted molar refractivity (Wildman–Crippen MR) is 137 cm³/mol. The van der Waals surface area contributed by atoms with Crippen molar-refractivity contribution in [3.8, 4) is 0 Å². The summed E-state index contributed by atoms with van der Waals surface area (Å²) >= 11 is 13.7. The maximum atomic E-state index is 13.1. The fourth-order valence-corrected chi connectivity index (χ4v) is 6.46. The lowest BCUT2D eigenvalue weighted by Crippen LogP contribution is -2.30. The number of sulfonamides is 1. The average Bonchev–Trinajstić information content (AvgIpc) is 3.16. The summed E-state index contributed by atoms with van der Waals surface area (Å²) in [4.78, 5) is 17.6. The van der Waals surface area contributed by atoms with Gasteiger partial charge in [-0.1, -0.05) is 71.8 Å². The van der Waals surface area contributed by atoms with E-state index in [1.807, 2.05) is 36.4 Å². The van der Waals surface area contributed by atoms with Gasteiger partial charge < -0.3 is 4.57 Å². The van der Waals surface area contributed by atoms with Crippen LogP contribution in [-0.4, -0.2) is 29.7 Å². The van der Waals surface area contributed by atoms with E-state index >= 15 is 0 Å². The molecule has 0 fully saturated rings. The summed E-state index contributed by atoms with van der Waals surface area (Å²) < 4.78 is 30.2. The third-order valence-electron chi connectivity index (χ3n) is 5.35. The monoisotopic (exact) mass is 533 g/mol. The minimum absolute atomic E-state index is 0.121. The number of aromatic nitrogens is 1. The zero-order valence-corrected chi connectivity index (χ0v) is 21.5. The van der Waals surface area contributed by atoms with Gasteiger partial charge in [0.05, 0.1) is 25.2 Å². The fraction of sp³-hybridized carbons (Fsp3) is 0.167. The predicted octanol–water partition coefficient (Wildman–Crippen LogP) is 5.50. The van der Waals surface area contributed by atoms with Crippen LogP contribution in [-0.2, 0) is 23.6 Å². The normalized spacial score (nSPS) is 12.6. The molecule has 34 heavy (non-hydrogen) atoms. The average molecular weight is 534 g/mol. The third kappa shape index (κ3) is 4.82. The number of halogens is 2. The molecular weight excluding hydrogens is 513 g/mol. The van der Waals surface area contributed by atoms with Crippen LogP contribution in [0.2, 0.25) is 10.0 Å². The van der Waals surface area contributed by atoms with Gasteiger partial charge >= 0.3 is 0 Å². The van der Waals surface area contributed by atoms with Gasteiger partial charge in [-0.2, -0.15) is 9.30 Å². The van der Waals surface area contributed by atoms with Crippen molar-refractivity contribution in [3.05, 3.63) is 92.7 Å². The molecular formula is C24H21Cl2N3O3S2. The van der Waals surface area contributed by atoms with Crippen molar-refractivity contribution in [2.45, 2.75) is 18.4 Å². The highest BCUT2D eigenvalue weighted by atomic mass is 35.5. The molecule has 0 bridgehead atoms. The molecule has 176 valence electrons. The Hall–Kier alpha value is -2.49. The maximum absolute atomic E-state index is 13.1. The van der Waals surface area contributed by atoms with Gasteiger partial charge in [0.2, 0.25) is 10.0 Å². The lowest BCUT2D eigenvalue weighted by atomic mass is 10.2. The minimum atomic E-state index is -3.72. The van der Waals surface area contributed by atoms with Gasteiger partial charge in [0.15, 0.2) is 4.80 Å². The van der Waals surface area contributed by atoms with E-state index in [1.54, 1.807) is 24.6 Å². The number of aryl methyl sites for hydroxylation is 1. The first-order chi connectivity index (χ1) is 16.2. The number of hydrogen-bond acceptors (Lipinski definition) is 4. The number of carbonyl (C=O) groups is 1. The standard InChI is InChI=1S/C24H21Cl2N3O3S2/c1-3-29(15-16-7-5-4-6-8-16)34(31,32)18-11-9-17(10-12-18)23(30)27-24-28(2)22-20(33-24)14-13-19(25)21(22)26/h4-14H,3,15H2,1-2H3. The van der Waals surface area contributed by atoms with E-state index in [4.69, 9.17) is 23.2 Å². The lowest BCUT2D eigenvalue weighted by Gasteiger charge is -2.20. The van der Waals surface area contributed by atoms with Crippen LogP contribution in [0.4, 0.5) is 0 Å². The van der Waals surface area contributed by atoms with Gasteiger partial charge in [0.25, 0.3) is 5.91 Å². The molecule has 6 nitrogen and oxygen atoms in total. The summed E-state index contributed by atoms with van der Waals surface area (Å²) in [5, 5.41) is 0.822. The lowest BCUT2D eigenvalue weighted by molar-refractivity contribution is 0.0998. The van der Waals surface area contributed by atoms with E-state index in [-0.39, 0.29) is 17.0 Å². The Morgan fingerprint density at radius 3 is 2.35 bits per heavy atom. The summed E-state index contributed by atoms with van der Waals surface area (Å²) in [5.74, 6) is -0.482. The number of thiazole rings is 1. The van der Waals surface area contributed by atoms with Crippen LogP contribution in [0.25, 0.3) is 10.2 Å². The third-order valence-corrected chi connectivity index (χ3v) is 9.17. The fourth-order valence-electron chi connectivity index (χ4n) is 3.50. The summed E-state index contributed by atoms with van der Waals surface area (Å²) in [5.41, 5.74) is 1.88. The first-order valence-electron chi connectivity index (χ1n) is 10.4. The van der Waals surface area contributed by atoms with Crippen molar-refractivity contribution in [1.29, 1.82) is 0 Å². The molecule has 0 radical (unpaired) electrons. The summed E-state index contributed by atoms with van der Waals surface area (Å²) in [6.07, 6.45) is 0. The Kier molecular flexibility index (Phi) is 7.25.